The Labute approximate surface area is 104 Å². The average Bonchev–Trinajstić information content (AvgIpc) is 2.38. The maximum absolute atomic E-state index is 6.27. The van der Waals surface area contributed by atoms with E-state index in [0.717, 1.165) is 31.6 Å². The van der Waals surface area contributed by atoms with Crippen molar-refractivity contribution in [1.82, 2.24) is 0 Å². The minimum atomic E-state index is 0.302. The molecule has 17 heavy (non-hydrogen) atoms. The van der Waals surface area contributed by atoms with Crippen LogP contribution in [-0.2, 0) is 0 Å². The van der Waals surface area contributed by atoms with Crippen molar-refractivity contribution in [2.75, 3.05) is 6.61 Å². The maximum Gasteiger partial charge on any atom is 0.122 e. The van der Waals surface area contributed by atoms with E-state index in [-0.39, 0.29) is 0 Å². The van der Waals surface area contributed by atoms with Crippen LogP contribution in [0.4, 0.5) is 0 Å². The van der Waals surface area contributed by atoms with Gasteiger partial charge in [0.25, 0.3) is 0 Å². The van der Waals surface area contributed by atoms with Crippen LogP contribution in [0.2, 0.25) is 0 Å². The second-order valence-electron chi connectivity index (χ2n) is 5.16. The molecule has 2 rings (SSSR count). The Morgan fingerprint density at radius 3 is 2.94 bits per heavy atom. The van der Waals surface area contributed by atoms with Crippen molar-refractivity contribution in [3.8, 4) is 5.75 Å². The Morgan fingerprint density at radius 2 is 2.18 bits per heavy atom. The molecule has 0 spiro atoms. The number of para-hydroxylation sites is 1. The Hall–Kier alpha value is -1.02. The summed E-state index contributed by atoms with van der Waals surface area (Å²) in [5, 5.41) is 0. The summed E-state index contributed by atoms with van der Waals surface area (Å²) in [6.07, 6.45) is 3.34. The second-order valence-corrected chi connectivity index (χ2v) is 5.16. The molecular weight excluding hydrogens is 210 g/mol. The quantitative estimate of drug-likeness (QED) is 0.866. The maximum atomic E-state index is 6.27. The zero-order chi connectivity index (χ0) is 12.3. The molecule has 3 atom stereocenters. The highest BCUT2D eigenvalue weighted by Gasteiger charge is 2.24. The molecule has 2 nitrogen and oxygen atoms in total. The SMILES string of the molecule is CCC(C)C(N)CC1CCOc2ccccc21. The average molecular weight is 233 g/mol. The van der Waals surface area contributed by atoms with E-state index >= 15 is 0 Å². The topological polar surface area (TPSA) is 35.2 Å². The van der Waals surface area contributed by atoms with E-state index in [1.165, 1.54) is 5.56 Å². The fraction of sp³-hybridized carbons (Fsp3) is 0.600. The molecule has 1 aliphatic rings. The molecule has 0 saturated carbocycles. The van der Waals surface area contributed by atoms with Crippen molar-refractivity contribution in [3.63, 3.8) is 0 Å². The Balaban J connectivity index is 2.08. The molecule has 0 bridgehead atoms. The van der Waals surface area contributed by atoms with Gasteiger partial charge in [0, 0.05) is 6.04 Å². The van der Waals surface area contributed by atoms with Crippen LogP contribution in [0.25, 0.3) is 0 Å². The van der Waals surface area contributed by atoms with Crippen LogP contribution in [-0.4, -0.2) is 12.6 Å². The molecule has 1 aliphatic heterocycles. The third-order valence-electron chi connectivity index (χ3n) is 4.01. The smallest absolute Gasteiger partial charge is 0.122 e. The predicted octanol–water partition coefficient (Wildman–Crippen LogP) is 3.32. The van der Waals surface area contributed by atoms with Gasteiger partial charge in [-0.2, -0.15) is 0 Å². The van der Waals surface area contributed by atoms with Gasteiger partial charge >= 0.3 is 0 Å². The van der Waals surface area contributed by atoms with Crippen molar-refractivity contribution >= 4 is 0 Å². The first kappa shape index (κ1) is 12.4. The van der Waals surface area contributed by atoms with E-state index in [4.69, 9.17) is 10.5 Å². The summed E-state index contributed by atoms with van der Waals surface area (Å²) in [6, 6.07) is 8.68. The van der Waals surface area contributed by atoms with Gasteiger partial charge in [-0.15, -0.1) is 0 Å². The first-order chi connectivity index (χ1) is 8.22. The fourth-order valence-corrected chi connectivity index (χ4v) is 2.52. The van der Waals surface area contributed by atoms with Crippen LogP contribution in [0.15, 0.2) is 24.3 Å². The number of hydrogen-bond acceptors (Lipinski definition) is 2. The first-order valence-corrected chi connectivity index (χ1v) is 6.69. The molecule has 0 amide bonds. The molecule has 1 aromatic rings. The van der Waals surface area contributed by atoms with E-state index in [9.17, 15) is 0 Å². The molecule has 2 N–H and O–H groups in total. The molecular formula is C15H23NO. The molecule has 3 unspecified atom stereocenters. The lowest BCUT2D eigenvalue weighted by molar-refractivity contribution is 0.251. The van der Waals surface area contributed by atoms with Crippen LogP contribution >= 0.6 is 0 Å². The summed E-state index contributed by atoms with van der Waals surface area (Å²) in [4.78, 5) is 0. The number of fused-ring (bicyclic) bond motifs is 1. The first-order valence-electron chi connectivity index (χ1n) is 6.69. The third-order valence-corrected chi connectivity index (χ3v) is 4.01. The summed E-state index contributed by atoms with van der Waals surface area (Å²) in [5.41, 5.74) is 7.62. The van der Waals surface area contributed by atoms with Gasteiger partial charge in [0.05, 0.1) is 6.61 Å². The molecule has 0 aromatic heterocycles. The van der Waals surface area contributed by atoms with Crippen molar-refractivity contribution in [3.05, 3.63) is 29.8 Å². The number of rotatable bonds is 4. The van der Waals surface area contributed by atoms with Crippen molar-refractivity contribution in [1.29, 1.82) is 0 Å². The van der Waals surface area contributed by atoms with Gasteiger partial charge in [-0.1, -0.05) is 38.5 Å². The van der Waals surface area contributed by atoms with Gasteiger partial charge in [0.1, 0.15) is 5.75 Å². The van der Waals surface area contributed by atoms with Crippen LogP contribution in [0.5, 0.6) is 5.75 Å². The summed E-state index contributed by atoms with van der Waals surface area (Å²) in [5.74, 6) is 2.23. The molecule has 1 heterocycles. The number of hydrogen-bond donors (Lipinski definition) is 1. The molecule has 0 saturated heterocycles. The van der Waals surface area contributed by atoms with Crippen molar-refractivity contribution in [2.24, 2.45) is 11.7 Å². The van der Waals surface area contributed by atoms with Gasteiger partial charge in [-0.25, -0.2) is 0 Å². The number of benzene rings is 1. The Kier molecular flexibility index (Phi) is 4.06. The summed E-state index contributed by atoms with van der Waals surface area (Å²) in [6.45, 7) is 5.28. The van der Waals surface area contributed by atoms with Crippen molar-refractivity contribution < 1.29 is 4.74 Å². The molecule has 0 fully saturated rings. The van der Waals surface area contributed by atoms with Crippen LogP contribution in [0, 0.1) is 5.92 Å². The number of nitrogens with two attached hydrogens (primary N) is 1. The normalized spacial score (nSPS) is 22.4. The standard InChI is InChI=1S/C15H23NO/c1-3-11(2)14(16)10-12-8-9-17-15-7-5-4-6-13(12)15/h4-7,11-12,14H,3,8-10,16H2,1-2H3. The molecule has 94 valence electrons. The number of ether oxygens (including phenoxy) is 1. The molecule has 1 aromatic carbocycles. The van der Waals surface area contributed by atoms with E-state index in [0.29, 0.717) is 17.9 Å². The minimum absolute atomic E-state index is 0.302. The zero-order valence-corrected chi connectivity index (χ0v) is 10.9. The van der Waals surface area contributed by atoms with Crippen LogP contribution in [0.3, 0.4) is 0 Å². The molecule has 0 radical (unpaired) electrons. The molecule has 0 aliphatic carbocycles. The van der Waals surface area contributed by atoms with Crippen LogP contribution < -0.4 is 10.5 Å². The predicted molar refractivity (Wildman–Crippen MR) is 71.3 cm³/mol. The highest BCUT2D eigenvalue weighted by molar-refractivity contribution is 5.37. The van der Waals surface area contributed by atoms with Gasteiger partial charge in [0.2, 0.25) is 0 Å². The van der Waals surface area contributed by atoms with Gasteiger partial charge in [0.15, 0.2) is 0 Å². The summed E-state index contributed by atoms with van der Waals surface area (Å²) >= 11 is 0. The lowest BCUT2D eigenvalue weighted by Crippen LogP contribution is -2.31. The van der Waals surface area contributed by atoms with Crippen LogP contribution in [0.1, 0.15) is 44.6 Å². The van der Waals surface area contributed by atoms with Gasteiger partial charge in [-0.3, -0.25) is 0 Å². The summed E-state index contributed by atoms with van der Waals surface area (Å²) < 4.78 is 5.68. The highest BCUT2D eigenvalue weighted by atomic mass is 16.5. The Morgan fingerprint density at radius 1 is 1.41 bits per heavy atom. The van der Waals surface area contributed by atoms with E-state index in [1.54, 1.807) is 0 Å². The minimum Gasteiger partial charge on any atom is -0.493 e. The lowest BCUT2D eigenvalue weighted by atomic mass is 9.84. The fourth-order valence-electron chi connectivity index (χ4n) is 2.52. The summed E-state index contributed by atoms with van der Waals surface area (Å²) in [7, 11) is 0. The monoisotopic (exact) mass is 233 g/mol. The molecule has 2 heteroatoms. The van der Waals surface area contributed by atoms with Gasteiger partial charge < -0.3 is 10.5 Å². The lowest BCUT2D eigenvalue weighted by Gasteiger charge is -2.29. The van der Waals surface area contributed by atoms with Gasteiger partial charge in [-0.05, 0) is 36.3 Å². The van der Waals surface area contributed by atoms with E-state index < -0.39 is 0 Å². The Bertz CT molecular complexity index is 364. The third kappa shape index (κ3) is 2.81. The van der Waals surface area contributed by atoms with E-state index in [1.807, 2.05) is 6.07 Å². The second kappa shape index (κ2) is 5.54. The largest absolute Gasteiger partial charge is 0.493 e. The highest BCUT2D eigenvalue weighted by Crippen LogP contribution is 2.36. The van der Waals surface area contributed by atoms with Crippen molar-refractivity contribution in [2.45, 2.75) is 45.1 Å². The zero-order valence-electron chi connectivity index (χ0n) is 10.9. The van der Waals surface area contributed by atoms with E-state index in [2.05, 4.69) is 32.0 Å².